The van der Waals surface area contributed by atoms with Crippen molar-refractivity contribution in [2.24, 2.45) is 11.8 Å². The van der Waals surface area contributed by atoms with E-state index in [9.17, 15) is 9.59 Å². The fourth-order valence-electron chi connectivity index (χ4n) is 4.19. The molecule has 2 heterocycles. The Bertz CT molecular complexity index is 618. The van der Waals surface area contributed by atoms with E-state index in [1.807, 2.05) is 17.0 Å². The topological polar surface area (TPSA) is 40.6 Å². The van der Waals surface area contributed by atoms with Crippen LogP contribution in [0.1, 0.15) is 49.4 Å². The van der Waals surface area contributed by atoms with Crippen LogP contribution >= 0.6 is 11.6 Å². The van der Waals surface area contributed by atoms with Crippen LogP contribution in [0.3, 0.4) is 0 Å². The Morgan fingerprint density at radius 1 is 1.12 bits per heavy atom. The number of nitrogens with zero attached hydrogens (tertiary/aromatic N) is 2. The van der Waals surface area contributed by atoms with Crippen LogP contribution < -0.4 is 4.90 Å². The van der Waals surface area contributed by atoms with E-state index in [-0.39, 0.29) is 5.91 Å². The molecule has 2 aliphatic heterocycles. The lowest BCUT2D eigenvalue weighted by Gasteiger charge is -2.37. The van der Waals surface area contributed by atoms with Gasteiger partial charge in [0, 0.05) is 44.4 Å². The van der Waals surface area contributed by atoms with Crippen LogP contribution in [0.25, 0.3) is 0 Å². The monoisotopic (exact) mass is 362 g/mol. The van der Waals surface area contributed by atoms with Gasteiger partial charge in [0.1, 0.15) is 0 Å². The zero-order valence-electron chi connectivity index (χ0n) is 14.9. The largest absolute Gasteiger partial charge is 0.371 e. The summed E-state index contributed by atoms with van der Waals surface area (Å²) in [5, 5.41) is 0.534. The quantitative estimate of drug-likeness (QED) is 0.759. The Morgan fingerprint density at radius 2 is 1.72 bits per heavy atom. The van der Waals surface area contributed by atoms with E-state index in [0.29, 0.717) is 10.6 Å². The highest BCUT2D eigenvalue weighted by Gasteiger charge is 2.26. The number of carbonyl (C=O) groups excluding carboxylic acids is 2. The lowest BCUT2D eigenvalue weighted by atomic mass is 9.82. The van der Waals surface area contributed by atoms with Crippen molar-refractivity contribution in [1.82, 2.24) is 4.90 Å². The minimum atomic E-state index is 0.214. The molecule has 0 atom stereocenters. The highest BCUT2D eigenvalue weighted by molar-refractivity contribution is 6.33. The molecule has 0 bridgehead atoms. The summed E-state index contributed by atoms with van der Waals surface area (Å²) in [4.78, 5) is 26.7. The average molecular weight is 363 g/mol. The molecule has 0 radical (unpaired) electrons. The second-order valence-corrected chi connectivity index (χ2v) is 7.85. The summed E-state index contributed by atoms with van der Waals surface area (Å²) in [6.07, 6.45) is 6.82. The minimum absolute atomic E-state index is 0.214. The Kier molecular flexibility index (Phi) is 6.00. The lowest BCUT2D eigenvalue weighted by molar-refractivity contribution is -0.130. The Labute approximate surface area is 155 Å². The number of likely N-dealkylation sites (tertiary alicyclic amines) is 1. The van der Waals surface area contributed by atoms with E-state index in [0.717, 1.165) is 62.8 Å². The predicted octanol–water partition coefficient (Wildman–Crippen LogP) is 4.02. The third-order valence-corrected chi connectivity index (χ3v) is 6.14. The van der Waals surface area contributed by atoms with Gasteiger partial charge in [0.05, 0.1) is 5.02 Å². The molecule has 0 unspecified atom stereocenters. The molecule has 0 aromatic heterocycles. The van der Waals surface area contributed by atoms with Crippen LogP contribution in [0.2, 0.25) is 5.02 Å². The molecule has 3 rings (SSSR count). The van der Waals surface area contributed by atoms with Crippen LogP contribution in [0.5, 0.6) is 0 Å². The first-order chi connectivity index (χ1) is 12.1. The molecule has 2 saturated heterocycles. The maximum Gasteiger partial charge on any atom is 0.219 e. The van der Waals surface area contributed by atoms with Crippen molar-refractivity contribution in [3.63, 3.8) is 0 Å². The first-order valence-corrected chi connectivity index (χ1v) is 9.70. The molecule has 136 valence electrons. The highest BCUT2D eigenvalue weighted by Crippen LogP contribution is 2.32. The molecule has 5 heteroatoms. The summed E-state index contributed by atoms with van der Waals surface area (Å²) in [6, 6.07) is 5.70. The minimum Gasteiger partial charge on any atom is -0.371 e. The molecule has 2 fully saturated rings. The Balaban J connectivity index is 1.47. The Hall–Kier alpha value is -1.55. The molecular formula is C20H27ClN2O2. The van der Waals surface area contributed by atoms with Gasteiger partial charge in [-0.2, -0.15) is 0 Å². The van der Waals surface area contributed by atoms with Gasteiger partial charge in [0.2, 0.25) is 5.91 Å². The fraction of sp³-hybridized carbons (Fsp3) is 0.600. The van der Waals surface area contributed by atoms with Crippen molar-refractivity contribution in [2.45, 2.75) is 39.0 Å². The van der Waals surface area contributed by atoms with Crippen LogP contribution in [-0.4, -0.2) is 43.3 Å². The van der Waals surface area contributed by atoms with E-state index in [1.165, 1.54) is 19.3 Å². The van der Waals surface area contributed by atoms with E-state index in [4.69, 9.17) is 11.6 Å². The van der Waals surface area contributed by atoms with Crippen LogP contribution in [0.4, 0.5) is 5.69 Å². The van der Waals surface area contributed by atoms with Crippen molar-refractivity contribution in [1.29, 1.82) is 0 Å². The van der Waals surface area contributed by atoms with Crippen LogP contribution in [-0.2, 0) is 4.79 Å². The number of hydrogen-bond donors (Lipinski definition) is 0. The van der Waals surface area contributed by atoms with Crippen molar-refractivity contribution in [3.8, 4) is 0 Å². The van der Waals surface area contributed by atoms with Crippen molar-refractivity contribution in [2.75, 3.05) is 31.1 Å². The number of aldehydes is 1. The first kappa shape index (κ1) is 18.2. The third-order valence-electron chi connectivity index (χ3n) is 5.82. The van der Waals surface area contributed by atoms with Gasteiger partial charge in [-0.3, -0.25) is 9.59 Å². The van der Waals surface area contributed by atoms with Crippen molar-refractivity contribution >= 4 is 29.5 Å². The Morgan fingerprint density at radius 3 is 2.24 bits per heavy atom. The van der Waals surface area contributed by atoms with Gasteiger partial charge in [0.15, 0.2) is 6.29 Å². The molecular weight excluding hydrogens is 336 g/mol. The smallest absolute Gasteiger partial charge is 0.219 e. The van der Waals surface area contributed by atoms with E-state index >= 15 is 0 Å². The molecule has 1 amide bonds. The van der Waals surface area contributed by atoms with Crippen molar-refractivity contribution < 1.29 is 9.59 Å². The van der Waals surface area contributed by atoms with E-state index in [2.05, 4.69) is 4.90 Å². The predicted molar refractivity (Wildman–Crippen MR) is 101 cm³/mol. The van der Waals surface area contributed by atoms with Gasteiger partial charge in [0.25, 0.3) is 0 Å². The normalized spacial score (nSPS) is 19.9. The van der Waals surface area contributed by atoms with Crippen LogP contribution in [0, 0.1) is 11.8 Å². The number of carbonyl (C=O) groups is 2. The number of amides is 1. The van der Waals surface area contributed by atoms with Gasteiger partial charge >= 0.3 is 0 Å². The number of piperidine rings is 2. The summed E-state index contributed by atoms with van der Waals surface area (Å²) in [5.74, 6) is 1.77. The average Bonchev–Trinajstić information content (AvgIpc) is 2.63. The van der Waals surface area contributed by atoms with Crippen LogP contribution in [0.15, 0.2) is 18.2 Å². The maximum atomic E-state index is 11.4. The van der Waals surface area contributed by atoms with Gasteiger partial charge in [-0.25, -0.2) is 0 Å². The molecule has 25 heavy (non-hydrogen) atoms. The zero-order chi connectivity index (χ0) is 17.8. The highest BCUT2D eigenvalue weighted by atomic mass is 35.5. The fourth-order valence-corrected chi connectivity index (χ4v) is 4.41. The summed E-state index contributed by atoms with van der Waals surface area (Å²) in [6.45, 7) is 5.63. The molecule has 0 N–H and O–H groups in total. The molecule has 4 nitrogen and oxygen atoms in total. The maximum absolute atomic E-state index is 11.4. The molecule has 0 aliphatic carbocycles. The second kappa shape index (κ2) is 8.22. The summed E-state index contributed by atoms with van der Waals surface area (Å²) in [5.41, 5.74) is 1.67. The summed E-state index contributed by atoms with van der Waals surface area (Å²) in [7, 11) is 0. The molecule has 1 aromatic carbocycles. The number of hydrogen-bond acceptors (Lipinski definition) is 3. The molecule has 0 spiro atoms. The summed E-state index contributed by atoms with van der Waals surface area (Å²) >= 11 is 6.15. The van der Waals surface area contributed by atoms with E-state index < -0.39 is 0 Å². The van der Waals surface area contributed by atoms with Gasteiger partial charge in [-0.15, -0.1) is 0 Å². The van der Waals surface area contributed by atoms with E-state index in [1.54, 1.807) is 13.0 Å². The second-order valence-electron chi connectivity index (χ2n) is 7.44. The van der Waals surface area contributed by atoms with Gasteiger partial charge in [-0.1, -0.05) is 11.6 Å². The number of benzene rings is 1. The first-order valence-electron chi connectivity index (χ1n) is 9.32. The third kappa shape index (κ3) is 4.55. The summed E-state index contributed by atoms with van der Waals surface area (Å²) < 4.78 is 0. The number of anilines is 1. The molecule has 2 aliphatic rings. The zero-order valence-corrected chi connectivity index (χ0v) is 15.7. The molecule has 0 saturated carbocycles. The number of halogens is 1. The van der Waals surface area contributed by atoms with Gasteiger partial charge < -0.3 is 9.80 Å². The van der Waals surface area contributed by atoms with Gasteiger partial charge in [-0.05, 0) is 62.1 Å². The SMILES string of the molecule is CC(=O)N1CCC(CC2CCN(c3ccc(C=O)c(Cl)c3)CC2)CC1. The standard InChI is InChI=1S/C20H27ClN2O2/c1-15(25)22-8-4-16(5-9-22)12-17-6-10-23(11-7-17)19-3-2-18(14-24)20(21)13-19/h2-3,13-14,16-17H,4-12H2,1H3. The number of rotatable bonds is 4. The molecule has 1 aromatic rings. The lowest BCUT2D eigenvalue weighted by Crippen LogP contribution is -2.38. The van der Waals surface area contributed by atoms with Crippen molar-refractivity contribution in [3.05, 3.63) is 28.8 Å².